The Morgan fingerprint density at radius 1 is 1.00 bits per heavy atom. The minimum absolute atomic E-state index is 0.255. The topological polar surface area (TPSA) is 63.6 Å². The van der Waals surface area contributed by atoms with Crippen molar-refractivity contribution in [1.29, 1.82) is 0 Å². The maximum Gasteiger partial charge on any atom is 0.310 e. The van der Waals surface area contributed by atoms with Crippen LogP contribution in [0.5, 0.6) is 0 Å². The van der Waals surface area contributed by atoms with Crippen LogP contribution in [0.15, 0.2) is 0 Å². The largest absolute Gasteiger partial charge is 0.481 e. The smallest absolute Gasteiger partial charge is 0.310 e. The third-order valence-corrected chi connectivity index (χ3v) is 7.80. The van der Waals surface area contributed by atoms with E-state index in [2.05, 4.69) is 0 Å². The summed E-state index contributed by atoms with van der Waals surface area (Å²) in [6.07, 6.45) is 6.16. The Kier molecular flexibility index (Phi) is 1.87. The molecule has 1 N–H and O–H groups in total. The van der Waals surface area contributed by atoms with Crippen LogP contribution in [0.25, 0.3) is 0 Å². The average molecular weight is 276 g/mol. The number of hydrogen-bond acceptors (Lipinski definition) is 3. The van der Waals surface area contributed by atoms with Gasteiger partial charge in [0.1, 0.15) is 5.60 Å². The van der Waals surface area contributed by atoms with Crippen LogP contribution in [0.3, 0.4) is 0 Å². The summed E-state index contributed by atoms with van der Waals surface area (Å²) in [6, 6.07) is 0. The van der Waals surface area contributed by atoms with Gasteiger partial charge in [0.05, 0.1) is 5.41 Å². The first-order chi connectivity index (χ1) is 9.61. The highest BCUT2D eigenvalue weighted by atomic mass is 16.5. The molecule has 0 aromatic heterocycles. The van der Waals surface area contributed by atoms with Crippen molar-refractivity contribution in [3.05, 3.63) is 0 Å². The predicted molar refractivity (Wildman–Crippen MR) is 68.6 cm³/mol. The molecule has 0 aromatic rings. The van der Waals surface area contributed by atoms with Gasteiger partial charge >= 0.3 is 5.97 Å². The summed E-state index contributed by atoms with van der Waals surface area (Å²) in [5.74, 6) is 1.71. The van der Waals surface area contributed by atoms with Gasteiger partial charge in [-0.05, 0) is 62.2 Å². The maximum atomic E-state index is 12.1. The van der Waals surface area contributed by atoms with Crippen LogP contribution in [-0.4, -0.2) is 23.1 Å². The molecule has 7 aliphatic rings. The predicted octanol–water partition coefficient (Wildman–Crippen LogP) is 2.08. The minimum Gasteiger partial charge on any atom is -0.481 e. The van der Waals surface area contributed by atoms with Crippen LogP contribution in [0.4, 0.5) is 0 Å². The van der Waals surface area contributed by atoms with Crippen molar-refractivity contribution in [2.75, 3.05) is 0 Å². The standard InChI is InChI=1S/C16H20O4/c17-7-20-16-6-9-1-10-12(16)3-8-4-13(16)11(2-9)15(10,5-8)14(18)19/h7-13H,1-6H2,(H,18,19). The van der Waals surface area contributed by atoms with Gasteiger partial charge in [-0.3, -0.25) is 9.59 Å². The highest BCUT2D eigenvalue weighted by Gasteiger charge is 2.78. The van der Waals surface area contributed by atoms with E-state index in [-0.39, 0.29) is 17.4 Å². The maximum absolute atomic E-state index is 12.1. The van der Waals surface area contributed by atoms with Crippen LogP contribution < -0.4 is 0 Å². The van der Waals surface area contributed by atoms with E-state index >= 15 is 0 Å². The second kappa shape index (κ2) is 3.23. The zero-order valence-electron chi connectivity index (χ0n) is 11.5. The lowest BCUT2D eigenvalue weighted by molar-refractivity contribution is -0.317. The van der Waals surface area contributed by atoms with E-state index < -0.39 is 11.4 Å². The van der Waals surface area contributed by atoms with Crippen molar-refractivity contribution in [2.24, 2.45) is 40.9 Å². The molecule has 7 saturated carbocycles. The van der Waals surface area contributed by atoms with E-state index in [4.69, 9.17) is 4.74 Å². The summed E-state index contributed by atoms with van der Waals surface area (Å²) < 4.78 is 5.73. The minimum atomic E-state index is -0.563. The number of hydrogen-bond donors (Lipinski definition) is 1. The molecular formula is C16H20O4. The van der Waals surface area contributed by atoms with Gasteiger partial charge in [-0.1, -0.05) is 0 Å². The highest BCUT2D eigenvalue weighted by molar-refractivity contribution is 5.77. The summed E-state index contributed by atoms with van der Waals surface area (Å²) in [7, 11) is 0. The third-order valence-electron chi connectivity index (χ3n) is 7.80. The molecule has 20 heavy (non-hydrogen) atoms. The van der Waals surface area contributed by atoms with Gasteiger partial charge in [-0.15, -0.1) is 0 Å². The summed E-state index contributed by atoms with van der Waals surface area (Å²) in [5.41, 5.74) is -0.780. The molecule has 0 amide bonds. The molecule has 108 valence electrons. The highest BCUT2D eigenvalue weighted by Crippen LogP contribution is 2.77. The van der Waals surface area contributed by atoms with Gasteiger partial charge in [0.2, 0.25) is 0 Å². The molecule has 4 heteroatoms. The number of carbonyl (C=O) groups is 2. The van der Waals surface area contributed by atoms with Crippen LogP contribution in [0.2, 0.25) is 0 Å². The fraction of sp³-hybridized carbons (Fsp3) is 0.875. The Morgan fingerprint density at radius 3 is 2.10 bits per heavy atom. The molecule has 0 aliphatic heterocycles. The van der Waals surface area contributed by atoms with Crippen molar-refractivity contribution in [3.8, 4) is 0 Å². The van der Waals surface area contributed by atoms with E-state index in [0.29, 0.717) is 30.1 Å². The zero-order chi connectivity index (χ0) is 13.7. The first kappa shape index (κ1) is 11.6. The molecular weight excluding hydrogens is 256 g/mol. The molecule has 0 spiro atoms. The Balaban J connectivity index is 1.72. The Hall–Kier alpha value is -1.06. The van der Waals surface area contributed by atoms with Crippen LogP contribution >= 0.6 is 0 Å². The van der Waals surface area contributed by atoms with E-state index in [1.54, 1.807) is 0 Å². The van der Waals surface area contributed by atoms with Crippen molar-refractivity contribution in [3.63, 3.8) is 0 Å². The summed E-state index contributed by atoms with van der Waals surface area (Å²) in [4.78, 5) is 23.2. The van der Waals surface area contributed by atoms with Gasteiger partial charge in [0.15, 0.2) is 0 Å². The van der Waals surface area contributed by atoms with Crippen molar-refractivity contribution < 1.29 is 19.4 Å². The number of aliphatic carboxylic acids is 1. The number of carboxylic acid groups (broad SMARTS) is 1. The van der Waals surface area contributed by atoms with E-state index in [9.17, 15) is 14.7 Å². The Labute approximate surface area is 117 Å². The summed E-state index contributed by atoms with van der Waals surface area (Å²) >= 11 is 0. The second-order valence-electron chi connectivity index (χ2n) is 8.02. The number of rotatable bonds is 3. The molecule has 0 saturated heterocycles. The number of carbonyl (C=O) groups excluding carboxylic acids is 1. The van der Waals surface area contributed by atoms with Crippen LogP contribution in [-0.2, 0) is 14.3 Å². The molecule has 0 aromatic carbocycles. The zero-order valence-corrected chi connectivity index (χ0v) is 11.5. The first-order valence-electron chi connectivity index (χ1n) is 7.96. The van der Waals surface area contributed by atoms with E-state index in [1.807, 2.05) is 0 Å². The van der Waals surface area contributed by atoms with Gasteiger partial charge in [-0.2, -0.15) is 0 Å². The lowest BCUT2D eigenvalue weighted by Gasteiger charge is -2.75. The van der Waals surface area contributed by atoms with Gasteiger partial charge in [-0.25, -0.2) is 0 Å². The monoisotopic (exact) mass is 276 g/mol. The van der Waals surface area contributed by atoms with E-state index in [0.717, 1.165) is 38.5 Å². The fourth-order valence-corrected chi connectivity index (χ4v) is 7.64. The van der Waals surface area contributed by atoms with Crippen molar-refractivity contribution in [1.82, 2.24) is 0 Å². The van der Waals surface area contributed by atoms with Crippen LogP contribution in [0.1, 0.15) is 38.5 Å². The molecule has 4 unspecified atom stereocenters. The molecule has 0 heterocycles. The second-order valence-corrected chi connectivity index (χ2v) is 8.02. The molecule has 4 atom stereocenters. The van der Waals surface area contributed by atoms with Crippen molar-refractivity contribution >= 4 is 12.4 Å². The normalized spacial score (nSPS) is 60.8. The first-order valence-corrected chi connectivity index (χ1v) is 7.96. The Bertz CT molecular complexity index is 489. The van der Waals surface area contributed by atoms with Crippen LogP contribution in [0, 0.1) is 40.9 Å². The van der Waals surface area contributed by atoms with Gasteiger partial charge in [0, 0.05) is 11.8 Å². The van der Waals surface area contributed by atoms with Crippen molar-refractivity contribution in [2.45, 2.75) is 44.1 Å². The molecule has 0 radical (unpaired) electrons. The number of ether oxygens (including phenoxy) is 1. The fourth-order valence-electron chi connectivity index (χ4n) is 7.64. The quantitative estimate of drug-likeness (QED) is 0.802. The Morgan fingerprint density at radius 2 is 1.55 bits per heavy atom. The van der Waals surface area contributed by atoms with E-state index in [1.165, 1.54) is 0 Å². The summed E-state index contributed by atoms with van der Waals surface area (Å²) in [6.45, 7) is 0.636. The molecule has 7 rings (SSSR count). The SMILES string of the molecule is O=COC12CC3CC4C1CC1CC2C(C3)C4(C(=O)O)C1. The molecule has 7 fully saturated rings. The van der Waals surface area contributed by atoms with Gasteiger partial charge < -0.3 is 9.84 Å². The number of carboxylic acids is 1. The lowest BCUT2D eigenvalue weighted by atomic mass is 9.29. The average Bonchev–Trinajstić information content (AvgIpc) is 2.44. The molecule has 7 aliphatic carbocycles. The summed E-state index contributed by atoms with van der Waals surface area (Å²) in [5, 5.41) is 9.99. The molecule has 4 nitrogen and oxygen atoms in total. The molecule has 8 bridgehead atoms. The third kappa shape index (κ3) is 0.961. The van der Waals surface area contributed by atoms with Gasteiger partial charge in [0.25, 0.3) is 6.47 Å². The lowest BCUT2D eigenvalue weighted by Crippen LogP contribution is -2.77.